The normalized spacial score (nSPS) is 16.3. The van der Waals surface area contributed by atoms with Crippen molar-refractivity contribution < 1.29 is 4.79 Å². The summed E-state index contributed by atoms with van der Waals surface area (Å²) in [6.45, 7) is 4.83. The van der Waals surface area contributed by atoms with Crippen LogP contribution in [0, 0.1) is 6.92 Å². The van der Waals surface area contributed by atoms with Crippen LogP contribution >= 0.6 is 11.6 Å². The van der Waals surface area contributed by atoms with Gasteiger partial charge in [-0.3, -0.25) is 4.79 Å². The molecule has 2 aromatic rings. The second-order valence-corrected chi connectivity index (χ2v) is 7.32. The number of carbonyl (C=O) groups is 1. The number of pyridine rings is 1. The molecule has 1 aliphatic heterocycles. The molecule has 1 amide bonds. The van der Waals surface area contributed by atoms with Crippen LogP contribution in [0.5, 0.6) is 0 Å². The molecule has 0 radical (unpaired) electrons. The van der Waals surface area contributed by atoms with E-state index in [0.717, 1.165) is 58.6 Å². The lowest BCUT2D eigenvalue weighted by molar-refractivity contribution is -0.118. The van der Waals surface area contributed by atoms with E-state index in [9.17, 15) is 4.79 Å². The summed E-state index contributed by atoms with van der Waals surface area (Å²) in [5, 5.41) is 3.60. The molecule has 0 aliphatic carbocycles. The average molecular weight is 370 g/mol. The van der Waals surface area contributed by atoms with Gasteiger partial charge >= 0.3 is 0 Å². The van der Waals surface area contributed by atoms with Crippen molar-refractivity contribution in [1.29, 1.82) is 0 Å². The predicted octanol–water partition coefficient (Wildman–Crippen LogP) is 4.46. The Kier molecular flexibility index (Phi) is 5.33. The molecule has 26 heavy (non-hydrogen) atoms. The number of carbonyl (C=O) groups excluding carboxylic acids is 1. The minimum atomic E-state index is 0.0340. The number of anilines is 1. The first-order valence-corrected chi connectivity index (χ1v) is 9.18. The predicted molar refractivity (Wildman–Crippen MR) is 109 cm³/mol. The summed E-state index contributed by atoms with van der Waals surface area (Å²) in [6, 6.07) is 7.97. The second kappa shape index (κ2) is 7.50. The molecule has 1 aliphatic rings. The molecule has 1 N–H and O–H groups in total. The largest absolute Gasteiger partial charge is 0.363 e. The van der Waals surface area contributed by atoms with Crippen molar-refractivity contribution in [2.75, 3.05) is 25.5 Å². The van der Waals surface area contributed by atoms with E-state index in [1.165, 1.54) is 0 Å². The Morgan fingerprint density at radius 3 is 2.65 bits per heavy atom. The minimum absolute atomic E-state index is 0.0340. The number of allylic oxidation sites excluding steroid dienone is 1. The number of piperidine rings is 1. The number of aromatic nitrogens is 1. The summed E-state index contributed by atoms with van der Waals surface area (Å²) in [5.41, 5.74) is 6.05. The van der Waals surface area contributed by atoms with Crippen LogP contribution in [-0.4, -0.2) is 31.5 Å². The highest BCUT2D eigenvalue weighted by molar-refractivity contribution is 6.31. The molecule has 5 heteroatoms. The lowest BCUT2D eigenvalue weighted by atomic mass is 9.89. The van der Waals surface area contributed by atoms with Crippen LogP contribution in [0.25, 0.3) is 16.7 Å². The van der Waals surface area contributed by atoms with Gasteiger partial charge < -0.3 is 10.2 Å². The van der Waals surface area contributed by atoms with Crippen molar-refractivity contribution in [3.05, 3.63) is 52.2 Å². The van der Waals surface area contributed by atoms with Crippen LogP contribution in [0.1, 0.15) is 30.9 Å². The quantitative estimate of drug-likeness (QED) is 0.812. The fourth-order valence-corrected chi connectivity index (χ4v) is 3.60. The number of nitrogens with one attached hydrogen (secondary N) is 1. The van der Waals surface area contributed by atoms with Crippen LogP contribution in [0.4, 0.5) is 5.82 Å². The molecule has 0 unspecified atom stereocenters. The van der Waals surface area contributed by atoms with E-state index >= 15 is 0 Å². The maximum absolute atomic E-state index is 12.2. The van der Waals surface area contributed by atoms with Gasteiger partial charge in [0.05, 0.1) is 0 Å². The summed E-state index contributed by atoms with van der Waals surface area (Å²) < 4.78 is 0. The molecule has 0 bridgehead atoms. The van der Waals surface area contributed by atoms with Gasteiger partial charge in [0.15, 0.2) is 0 Å². The van der Waals surface area contributed by atoms with Gasteiger partial charge in [-0.2, -0.15) is 0 Å². The van der Waals surface area contributed by atoms with E-state index in [1.54, 1.807) is 0 Å². The Bertz CT molecular complexity index is 870. The molecule has 1 aromatic heterocycles. The molecule has 2 heterocycles. The third kappa shape index (κ3) is 3.61. The second-order valence-electron chi connectivity index (χ2n) is 6.89. The maximum Gasteiger partial charge on any atom is 0.247 e. The highest BCUT2D eigenvalue weighted by Gasteiger charge is 2.20. The number of rotatable bonds is 3. The maximum atomic E-state index is 12.2. The first kappa shape index (κ1) is 18.5. The molecule has 1 aromatic carbocycles. The van der Waals surface area contributed by atoms with E-state index in [1.807, 2.05) is 50.3 Å². The number of amides is 1. The van der Waals surface area contributed by atoms with Crippen LogP contribution in [-0.2, 0) is 4.79 Å². The third-order valence-corrected chi connectivity index (χ3v) is 5.13. The van der Waals surface area contributed by atoms with Crippen molar-refractivity contribution in [3.63, 3.8) is 0 Å². The molecule has 136 valence electrons. The molecule has 1 saturated heterocycles. The van der Waals surface area contributed by atoms with Gasteiger partial charge in [0.1, 0.15) is 5.82 Å². The zero-order chi connectivity index (χ0) is 18.8. The van der Waals surface area contributed by atoms with Crippen LogP contribution in [0.3, 0.4) is 0 Å². The third-order valence-electron chi connectivity index (χ3n) is 4.91. The molecule has 1 fully saturated rings. The number of nitrogens with zero attached hydrogens (tertiary/aromatic N) is 2. The van der Waals surface area contributed by atoms with E-state index < -0.39 is 0 Å². The fourth-order valence-electron chi connectivity index (χ4n) is 3.39. The van der Waals surface area contributed by atoms with Gasteiger partial charge in [0.2, 0.25) is 5.91 Å². The van der Waals surface area contributed by atoms with Gasteiger partial charge in [-0.05, 0) is 73.2 Å². The lowest BCUT2D eigenvalue weighted by Crippen LogP contribution is -2.31. The van der Waals surface area contributed by atoms with Gasteiger partial charge in [0, 0.05) is 43.0 Å². The number of halogens is 1. The number of benzene rings is 1. The Morgan fingerprint density at radius 1 is 1.27 bits per heavy atom. The fraction of sp³-hybridized carbons (Fsp3) is 0.333. The summed E-state index contributed by atoms with van der Waals surface area (Å²) in [5.74, 6) is 0.942. The van der Waals surface area contributed by atoms with Crippen molar-refractivity contribution >= 4 is 28.9 Å². The molecule has 0 spiro atoms. The standard InChI is InChI=1S/C21H24ClN3O/c1-13(17-6-5-9-23-21(17)26)18-10-16(22)11-19(14(18)2)15-7-8-20(24-12-15)25(3)4/h7-8,10-12H,5-6,9H2,1-4H3,(H,23,26)/b17-13+. The number of hydrogen-bond acceptors (Lipinski definition) is 3. The SMILES string of the molecule is C/C(=C1/CCCNC1=O)c1cc(Cl)cc(-c2ccc(N(C)C)nc2)c1C. The summed E-state index contributed by atoms with van der Waals surface area (Å²) >= 11 is 6.42. The topological polar surface area (TPSA) is 45.2 Å². The summed E-state index contributed by atoms with van der Waals surface area (Å²) in [6.07, 6.45) is 3.65. The van der Waals surface area contributed by atoms with Gasteiger partial charge in [-0.1, -0.05) is 11.6 Å². The van der Waals surface area contributed by atoms with E-state index in [2.05, 4.69) is 23.3 Å². The highest BCUT2D eigenvalue weighted by Crippen LogP contribution is 2.35. The van der Waals surface area contributed by atoms with Crippen LogP contribution in [0.15, 0.2) is 36.0 Å². The Morgan fingerprint density at radius 2 is 2.04 bits per heavy atom. The first-order chi connectivity index (χ1) is 12.4. The average Bonchev–Trinajstić information content (AvgIpc) is 2.63. The van der Waals surface area contributed by atoms with Crippen LogP contribution < -0.4 is 10.2 Å². The Balaban J connectivity index is 2.09. The van der Waals surface area contributed by atoms with Crippen LogP contribution in [0.2, 0.25) is 5.02 Å². The smallest absolute Gasteiger partial charge is 0.247 e. The number of hydrogen-bond donors (Lipinski definition) is 1. The molecule has 0 saturated carbocycles. The molecular weight excluding hydrogens is 346 g/mol. The molecule has 0 atom stereocenters. The summed E-state index contributed by atoms with van der Waals surface area (Å²) in [7, 11) is 3.94. The van der Waals surface area contributed by atoms with E-state index in [0.29, 0.717) is 5.02 Å². The van der Waals surface area contributed by atoms with Gasteiger partial charge in [0.25, 0.3) is 0 Å². The highest BCUT2D eigenvalue weighted by atomic mass is 35.5. The molecular formula is C21H24ClN3O. The lowest BCUT2D eigenvalue weighted by Gasteiger charge is -2.20. The first-order valence-electron chi connectivity index (χ1n) is 8.80. The Labute approximate surface area is 159 Å². The van der Waals surface area contributed by atoms with Crippen molar-refractivity contribution in [2.24, 2.45) is 0 Å². The van der Waals surface area contributed by atoms with Crippen molar-refractivity contribution in [1.82, 2.24) is 10.3 Å². The molecule has 3 rings (SSSR count). The molecule has 4 nitrogen and oxygen atoms in total. The van der Waals surface area contributed by atoms with Crippen molar-refractivity contribution in [3.8, 4) is 11.1 Å². The Hall–Kier alpha value is -2.33. The zero-order valence-electron chi connectivity index (χ0n) is 15.7. The van der Waals surface area contributed by atoms with Gasteiger partial charge in [-0.25, -0.2) is 4.98 Å². The van der Waals surface area contributed by atoms with Gasteiger partial charge in [-0.15, -0.1) is 0 Å². The monoisotopic (exact) mass is 369 g/mol. The van der Waals surface area contributed by atoms with E-state index in [4.69, 9.17) is 11.6 Å². The van der Waals surface area contributed by atoms with E-state index in [-0.39, 0.29) is 5.91 Å². The zero-order valence-corrected chi connectivity index (χ0v) is 16.4. The minimum Gasteiger partial charge on any atom is -0.363 e. The summed E-state index contributed by atoms with van der Waals surface area (Å²) in [4.78, 5) is 18.7. The van der Waals surface area contributed by atoms with Crippen molar-refractivity contribution in [2.45, 2.75) is 26.7 Å².